The number of nitrogens with zero attached hydrogens (tertiary/aromatic N) is 3. The van der Waals surface area contributed by atoms with E-state index in [2.05, 4.69) is 22.0 Å². The van der Waals surface area contributed by atoms with Crippen LogP contribution in [-0.4, -0.2) is 71.9 Å². The van der Waals surface area contributed by atoms with Crippen molar-refractivity contribution >= 4 is 46.7 Å². The Morgan fingerprint density at radius 2 is 1.71 bits per heavy atom. The average molecular weight is 544 g/mol. The molecule has 3 aliphatic rings. The van der Waals surface area contributed by atoms with E-state index in [4.69, 9.17) is 38.7 Å². The van der Waals surface area contributed by atoms with Gasteiger partial charge in [0.25, 0.3) is 5.91 Å². The Bertz CT molecular complexity index is 1390. The van der Waals surface area contributed by atoms with Gasteiger partial charge in [-0.2, -0.15) is 0 Å². The number of aryl methyl sites for hydroxylation is 1. The lowest BCUT2D eigenvalue weighted by atomic mass is 9.48. The third kappa shape index (κ3) is 6.78. The molecular weight excluding hydrogens is 513 g/mol. The van der Waals surface area contributed by atoms with Gasteiger partial charge in [-0.25, -0.2) is 0 Å². The highest BCUT2D eigenvalue weighted by molar-refractivity contribution is 6.62. The molecule has 3 aliphatic heterocycles. The fourth-order valence-corrected chi connectivity index (χ4v) is 5.57. The van der Waals surface area contributed by atoms with Crippen LogP contribution in [0.3, 0.4) is 0 Å². The molecule has 2 N–H and O–H groups in total. The van der Waals surface area contributed by atoms with Crippen molar-refractivity contribution < 1.29 is 19.1 Å². The van der Waals surface area contributed by atoms with Gasteiger partial charge in [0.1, 0.15) is 17.2 Å². The molecule has 1 aromatic heterocycles. The lowest BCUT2D eigenvalue weighted by molar-refractivity contribution is -0.118. The molecule has 11 heteroatoms. The summed E-state index contributed by atoms with van der Waals surface area (Å²) in [5.74, 6) is 0.547. The first-order valence-electron chi connectivity index (χ1n) is 13.8. The summed E-state index contributed by atoms with van der Waals surface area (Å²) in [5.41, 5.74) is 8.61. The zero-order chi connectivity index (χ0) is 29.0. The third-order valence-corrected chi connectivity index (χ3v) is 7.72. The number of nitrogens with two attached hydrogens (primary N) is 1. The Morgan fingerprint density at radius 3 is 2.39 bits per heavy atom. The van der Waals surface area contributed by atoms with Crippen molar-refractivity contribution in [3.8, 4) is 11.5 Å². The molecule has 3 aromatic rings. The third-order valence-electron chi connectivity index (χ3n) is 7.72. The van der Waals surface area contributed by atoms with Gasteiger partial charge in [-0.3, -0.25) is 14.6 Å². The number of anilines is 2. The van der Waals surface area contributed by atoms with Crippen molar-refractivity contribution in [3.05, 3.63) is 78.1 Å². The Balaban J connectivity index is 0.000000182. The van der Waals surface area contributed by atoms with Gasteiger partial charge in [0.05, 0.1) is 23.5 Å². The number of benzene rings is 2. The monoisotopic (exact) mass is 544 g/mol. The highest BCUT2D eigenvalue weighted by Gasteiger charge is 2.44. The van der Waals surface area contributed by atoms with Crippen molar-refractivity contribution in [3.63, 3.8) is 0 Å². The number of pyridine rings is 1. The molecule has 0 aliphatic carbocycles. The minimum Gasteiger partial charge on any atom is -0.457 e. The van der Waals surface area contributed by atoms with Crippen molar-refractivity contribution in [1.29, 1.82) is 0 Å². The molecule has 2 fully saturated rings. The highest BCUT2D eigenvalue weighted by atomic mass is 16.5. The molecule has 0 unspecified atom stereocenters. The molecule has 1 spiro atoms. The van der Waals surface area contributed by atoms with Crippen molar-refractivity contribution in [1.82, 2.24) is 4.98 Å². The molecule has 2 amide bonds. The van der Waals surface area contributed by atoms with E-state index >= 15 is 0 Å². The van der Waals surface area contributed by atoms with Crippen LogP contribution in [0.4, 0.5) is 11.4 Å². The lowest BCUT2D eigenvalue weighted by Gasteiger charge is -2.53. The summed E-state index contributed by atoms with van der Waals surface area (Å²) in [6.45, 7) is 3.77. The Labute approximate surface area is 244 Å². The summed E-state index contributed by atoms with van der Waals surface area (Å²) in [4.78, 5) is 30.9. The first-order valence-corrected chi connectivity index (χ1v) is 13.8. The minimum absolute atomic E-state index is 0.118. The van der Waals surface area contributed by atoms with Crippen LogP contribution in [0.25, 0.3) is 0 Å². The minimum atomic E-state index is -1.69. The number of hydrogen-bond donors (Lipinski definition) is 1. The fourth-order valence-electron chi connectivity index (χ4n) is 5.57. The summed E-state index contributed by atoms with van der Waals surface area (Å²) in [7, 11) is 17.7. The van der Waals surface area contributed by atoms with Gasteiger partial charge in [0.15, 0.2) is 0 Å². The molecule has 2 aromatic carbocycles. The molecule has 0 bridgehead atoms. The predicted octanol–water partition coefficient (Wildman–Crippen LogP) is 3.06. The normalized spacial score (nSPS) is 17.9. The lowest BCUT2D eigenvalue weighted by Crippen LogP contribution is -2.58. The molecule has 4 heterocycles. The Morgan fingerprint density at radius 1 is 0.976 bits per heavy atom. The van der Waals surface area contributed by atoms with Crippen LogP contribution >= 0.6 is 0 Å². The van der Waals surface area contributed by atoms with Gasteiger partial charge in [-0.1, -0.05) is 29.5 Å². The van der Waals surface area contributed by atoms with E-state index in [-0.39, 0.29) is 11.6 Å². The molecule has 0 atom stereocenters. The van der Waals surface area contributed by atoms with E-state index in [1.165, 1.54) is 17.2 Å². The fraction of sp³-hybridized carbons (Fsp3) is 0.367. The molecule has 6 rings (SSSR count). The zero-order valence-electron chi connectivity index (χ0n) is 23.0. The summed E-state index contributed by atoms with van der Waals surface area (Å²) >= 11 is 0. The second-order valence-corrected chi connectivity index (χ2v) is 10.9. The quantitative estimate of drug-likeness (QED) is 0.497. The van der Waals surface area contributed by atoms with Gasteiger partial charge >= 0.3 is 0 Å². The van der Waals surface area contributed by atoms with Crippen LogP contribution in [0.15, 0.2) is 66.9 Å². The van der Waals surface area contributed by atoms with Gasteiger partial charge in [-0.15, -0.1) is 0 Å². The van der Waals surface area contributed by atoms with E-state index in [1.54, 1.807) is 6.07 Å². The van der Waals surface area contributed by atoms with E-state index in [1.807, 2.05) is 36.4 Å². The molecule has 41 heavy (non-hydrogen) atoms. The van der Waals surface area contributed by atoms with Crippen LogP contribution in [0.5, 0.6) is 11.5 Å². The average Bonchev–Trinajstić information content (AvgIpc) is 3.10. The summed E-state index contributed by atoms with van der Waals surface area (Å²) in [6.07, 6.45) is 5.75. The number of primary amides is 1. The van der Waals surface area contributed by atoms with E-state index in [0.29, 0.717) is 23.3 Å². The predicted molar refractivity (Wildman–Crippen MR) is 161 cm³/mol. The zero-order valence-corrected chi connectivity index (χ0v) is 23.0. The van der Waals surface area contributed by atoms with E-state index in [9.17, 15) is 9.59 Å². The maximum Gasteiger partial charge on any atom is 0.267 e. The first kappa shape index (κ1) is 28.8. The number of amides is 2. The largest absolute Gasteiger partial charge is 0.457 e. The van der Waals surface area contributed by atoms with Gasteiger partial charge in [0.2, 0.25) is 5.91 Å². The van der Waals surface area contributed by atoms with Gasteiger partial charge in [0, 0.05) is 61.8 Å². The topological polar surface area (TPSA) is 98.0 Å². The molecule has 6 radical (unpaired) electrons. The van der Waals surface area contributed by atoms with Crippen LogP contribution in [0, 0.1) is 5.41 Å². The summed E-state index contributed by atoms with van der Waals surface area (Å²) < 4.78 is 11.0. The number of ether oxygens (including phenoxy) is 2. The molecular formula is C30H31B3N4O4. The van der Waals surface area contributed by atoms with Crippen LogP contribution in [-0.2, 0) is 16.0 Å². The summed E-state index contributed by atoms with van der Waals surface area (Å²) in [6, 6.07) is 18.7. The second-order valence-electron chi connectivity index (χ2n) is 10.9. The van der Waals surface area contributed by atoms with Gasteiger partial charge in [-0.05, 0) is 61.6 Å². The van der Waals surface area contributed by atoms with Crippen molar-refractivity contribution in [2.75, 3.05) is 36.1 Å². The number of hydrogen-bond acceptors (Lipinski definition) is 6. The molecule has 8 nitrogen and oxygen atoms in total. The molecule has 204 valence electrons. The highest BCUT2D eigenvalue weighted by Crippen LogP contribution is 2.43. The number of para-hydroxylation sites is 1. The Hall–Kier alpha value is -3.72. The van der Waals surface area contributed by atoms with E-state index in [0.717, 1.165) is 68.9 Å². The maximum atomic E-state index is 12.5. The number of carbonyl (C=O) groups is 2. The smallest absolute Gasteiger partial charge is 0.267 e. The number of carbonyl (C=O) groups excluding carboxylic acids is 2. The first-order chi connectivity index (χ1) is 19.6. The van der Waals surface area contributed by atoms with Crippen LogP contribution in [0.1, 0.15) is 41.7 Å². The van der Waals surface area contributed by atoms with Crippen molar-refractivity contribution in [2.45, 2.75) is 37.3 Å². The van der Waals surface area contributed by atoms with Crippen LogP contribution < -0.4 is 20.3 Å². The number of aromatic nitrogens is 1. The SMILES string of the molecule is NC(=O)c1cc(Oc2ccccc2)ccn1.[B]C([B])([B])N1C(=O)CCCc2ccc(N3CC4(CCOCC4)C3)cc21. The standard InChI is InChI=1S/C18H21B3N2O2.C12H10N2O2/c19-18(20,21)23-15-10-14(5-4-13(15)2-1-3-16(23)24)22-11-17(12-22)6-8-25-9-7-17;13-12(15)11-8-10(6-7-14-11)16-9-4-2-1-3-5-9/h4-5,10H,1-3,6-9,11-12H2;1-8H,(H2,13,15). The van der Waals surface area contributed by atoms with Crippen molar-refractivity contribution in [2.24, 2.45) is 11.1 Å². The molecule has 2 saturated heterocycles. The Kier molecular flexibility index (Phi) is 8.45. The number of rotatable bonds is 5. The van der Waals surface area contributed by atoms with Crippen LogP contribution in [0.2, 0.25) is 0 Å². The summed E-state index contributed by atoms with van der Waals surface area (Å²) in [5, 5.41) is -1.69. The molecule has 0 saturated carbocycles. The van der Waals surface area contributed by atoms with E-state index < -0.39 is 11.1 Å². The maximum absolute atomic E-state index is 12.5. The number of fused-ring (bicyclic) bond motifs is 1. The second kappa shape index (κ2) is 12.0. The van der Waals surface area contributed by atoms with Gasteiger partial charge < -0.3 is 25.0 Å².